The van der Waals surface area contributed by atoms with E-state index in [1.165, 1.54) is 48.8 Å². The van der Waals surface area contributed by atoms with E-state index >= 15 is 0 Å². The zero-order chi connectivity index (χ0) is 42.8. The van der Waals surface area contributed by atoms with Gasteiger partial charge in [-0.05, 0) is 99.8 Å². The molecule has 0 unspecified atom stereocenters. The summed E-state index contributed by atoms with van der Waals surface area (Å²) in [6, 6.07) is 48.4. The van der Waals surface area contributed by atoms with Crippen LogP contribution in [-0.2, 0) is 26.5 Å². The van der Waals surface area contributed by atoms with Crippen LogP contribution in [0.2, 0.25) is 19.6 Å². The van der Waals surface area contributed by atoms with Crippen molar-refractivity contribution in [1.29, 1.82) is 0 Å². The molecule has 0 fully saturated rings. The molecule has 4 nitrogen and oxygen atoms in total. The summed E-state index contributed by atoms with van der Waals surface area (Å²) in [5.41, 5.74) is 14.3. The van der Waals surface area contributed by atoms with Gasteiger partial charge in [0.15, 0.2) is 0 Å². The maximum absolute atomic E-state index is 5.29. The summed E-state index contributed by atoms with van der Waals surface area (Å²) >= 11 is 1.66. The number of hydrogen-bond donors (Lipinski definition) is 0. The van der Waals surface area contributed by atoms with Crippen molar-refractivity contribution in [2.24, 2.45) is 5.92 Å². The Balaban J connectivity index is 0.000000233. The summed E-state index contributed by atoms with van der Waals surface area (Å²) in [5.74, 6) is 2.26. The molecule has 4 heterocycles. The molecule has 0 aliphatic carbocycles. The summed E-state index contributed by atoms with van der Waals surface area (Å²) < 4.78 is 5.77. The number of rotatable bonds is 10. The normalized spacial score (nSPS) is 11.7. The first-order chi connectivity index (χ1) is 29.4. The van der Waals surface area contributed by atoms with Crippen LogP contribution < -0.4 is 5.19 Å². The minimum atomic E-state index is -1.34. The Kier molecular flexibility index (Phi) is 13.8. The predicted octanol–water partition coefficient (Wildman–Crippen LogP) is 14.7. The van der Waals surface area contributed by atoms with Gasteiger partial charge in [-0.3, -0.25) is 16.3 Å². The molecule has 4 aromatic heterocycles. The first-order valence-corrected chi connectivity index (χ1v) is 25.9. The van der Waals surface area contributed by atoms with Crippen LogP contribution in [0.3, 0.4) is 0 Å². The summed E-state index contributed by atoms with van der Waals surface area (Å²) in [6.07, 6.45) is 7.41. The number of imidazole rings is 1. The number of aromatic nitrogens is 4. The van der Waals surface area contributed by atoms with Gasteiger partial charge in [0.25, 0.3) is 0 Å². The average Bonchev–Trinajstić information content (AvgIpc) is 4.03. The monoisotopic (exact) mass is 1030 g/mol. The molecule has 1 radical (unpaired) electrons. The molecule has 0 spiro atoms. The predicted molar refractivity (Wildman–Crippen MR) is 264 cm³/mol. The third-order valence-electron chi connectivity index (χ3n) is 11.3. The number of fused-ring (bicyclic) bond motifs is 2. The number of pyridine rings is 1. The zero-order valence-corrected chi connectivity index (χ0v) is 41.5. The maximum atomic E-state index is 5.29. The van der Waals surface area contributed by atoms with Crippen LogP contribution in [-0.4, -0.2) is 27.2 Å². The van der Waals surface area contributed by atoms with Crippen molar-refractivity contribution in [3.63, 3.8) is 0 Å². The van der Waals surface area contributed by atoms with Crippen molar-refractivity contribution in [1.82, 2.24) is 19.1 Å². The van der Waals surface area contributed by atoms with Crippen molar-refractivity contribution in [2.75, 3.05) is 0 Å². The second-order valence-corrected chi connectivity index (χ2v) is 24.0. The molecule has 0 aliphatic heterocycles. The van der Waals surface area contributed by atoms with Crippen molar-refractivity contribution in [2.45, 2.75) is 79.4 Å². The largest absolute Gasteiger partial charge is 0.333 e. The molecule has 9 aromatic rings. The molecule has 0 saturated heterocycles. The van der Waals surface area contributed by atoms with E-state index in [1.54, 1.807) is 11.3 Å². The van der Waals surface area contributed by atoms with Crippen molar-refractivity contribution in [3.05, 3.63) is 174 Å². The van der Waals surface area contributed by atoms with Crippen molar-refractivity contribution in [3.8, 4) is 45.1 Å². The molecule has 0 N–H and O–H groups in total. The molecule has 0 saturated carbocycles. The van der Waals surface area contributed by atoms with Crippen molar-refractivity contribution < 1.29 is 20.1 Å². The van der Waals surface area contributed by atoms with E-state index in [9.17, 15) is 0 Å². The van der Waals surface area contributed by atoms with Crippen molar-refractivity contribution >= 4 is 45.7 Å². The molecule has 0 atom stereocenters. The summed E-state index contributed by atoms with van der Waals surface area (Å²) in [4.78, 5) is 9.97. The smallest absolute Gasteiger partial charge is 0.0798 e. The van der Waals surface area contributed by atoms with Gasteiger partial charge in [0.1, 0.15) is 0 Å². The number of para-hydroxylation sites is 2. The molecule has 0 aliphatic rings. The van der Waals surface area contributed by atoms with Gasteiger partial charge in [0.05, 0.1) is 24.9 Å². The van der Waals surface area contributed by atoms with Gasteiger partial charge in [-0.1, -0.05) is 143 Å². The third-order valence-corrected chi connectivity index (χ3v) is 14.3. The van der Waals surface area contributed by atoms with Gasteiger partial charge in [-0.25, -0.2) is 0 Å². The number of thiophene rings is 1. The minimum Gasteiger partial charge on any atom is -0.333 e. The first kappa shape index (κ1) is 44.9. The van der Waals surface area contributed by atoms with Crippen LogP contribution in [0.25, 0.3) is 66.3 Å². The number of nitrogens with zero attached hydrogens (tertiary/aromatic N) is 4. The standard InChI is InChI=1S/C37H32N3S.C18H24NSi.Ir/c1-24(2)29-20-27(26-12-6-5-7-13-26)21-30(25(3)4)36(29)40-34-15-9-8-14-33(34)38-37(40)32-23-41-35-17-16-28(22-31(32)35)39-18-10-11-19-39;1-14(2)11-16-12-17(15-9-7-6-8-10-15)19-13-18(16)20(3,4)5;/h5-22,24-25H,1-4H3;6-9,12-14H,11H2,1-5H3;/q2*-1;. The van der Waals surface area contributed by atoms with Gasteiger partial charge in [-0.15, -0.1) is 41.3 Å². The van der Waals surface area contributed by atoms with Gasteiger partial charge in [-0.2, -0.15) is 0 Å². The molecular formula is C55H56IrN4SSi-2. The summed E-state index contributed by atoms with van der Waals surface area (Å²) in [5, 5.41) is 6.33. The van der Waals surface area contributed by atoms with Gasteiger partial charge in [0.2, 0.25) is 0 Å². The Morgan fingerprint density at radius 1 is 0.710 bits per heavy atom. The second-order valence-electron chi connectivity index (χ2n) is 18.1. The molecule has 62 heavy (non-hydrogen) atoms. The Morgan fingerprint density at radius 3 is 2.03 bits per heavy atom. The minimum absolute atomic E-state index is 0. The molecule has 317 valence electrons. The third kappa shape index (κ3) is 9.42. The fourth-order valence-electron chi connectivity index (χ4n) is 8.31. The quantitative estimate of drug-likeness (QED) is 0.101. The Morgan fingerprint density at radius 2 is 1.39 bits per heavy atom. The molecule has 7 heteroatoms. The van der Waals surface area contributed by atoms with E-state index in [4.69, 9.17) is 4.98 Å². The number of hydrogen-bond acceptors (Lipinski definition) is 3. The molecule has 0 bridgehead atoms. The van der Waals surface area contributed by atoms with E-state index in [-0.39, 0.29) is 20.1 Å². The zero-order valence-electron chi connectivity index (χ0n) is 37.3. The molecule has 0 amide bonds. The maximum Gasteiger partial charge on any atom is 0.0798 e. The average molecular weight is 1030 g/mol. The van der Waals surface area contributed by atoms with E-state index in [2.05, 4.69) is 215 Å². The van der Waals surface area contributed by atoms with Crippen LogP contribution >= 0.6 is 11.3 Å². The van der Waals surface area contributed by atoms with E-state index < -0.39 is 8.07 Å². The topological polar surface area (TPSA) is 35.6 Å². The summed E-state index contributed by atoms with van der Waals surface area (Å²) in [6.45, 7) is 20.9. The van der Waals surface area contributed by atoms with Gasteiger partial charge < -0.3 is 14.1 Å². The van der Waals surface area contributed by atoms with E-state index in [0.29, 0.717) is 17.8 Å². The van der Waals surface area contributed by atoms with Gasteiger partial charge >= 0.3 is 0 Å². The Bertz CT molecular complexity index is 2870. The molecular weight excluding hydrogens is 969 g/mol. The molecule has 5 aromatic carbocycles. The fraction of sp³-hybridized carbons (Fsp3) is 0.236. The van der Waals surface area contributed by atoms with Crippen LogP contribution in [0.5, 0.6) is 0 Å². The second kappa shape index (κ2) is 19.1. The Hall–Kier alpha value is -5.17. The van der Waals surface area contributed by atoms with Crippen LogP contribution in [0.15, 0.2) is 146 Å². The summed E-state index contributed by atoms with van der Waals surface area (Å²) in [7, 11) is -1.34. The number of benzene rings is 5. The van der Waals surface area contributed by atoms with Crippen LogP contribution in [0.1, 0.15) is 70.1 Å². The van der Waals surface area contributed by atoms with Crippen LogP contribution in [0, 0.1) is 17.4 Å². The van der Waals surface area contributed by atoms with Crippen LogP contribution in [0.4, 0.5) is 0 Å². The first-order valence-electron chi connectivity index (χ1n) is 21.6. The Labute approximate surface area is 387 Å². The van der Waals surface area contributed by atoms with E-state index in [1.807, 2.05) is 18.2 Å². The fourth-order valence-corrected chi connectivity index (χ4v) is 10.7. The SMILES string of the molecule is CC(C)Cc1cc(-c2[c-]cccc2)ncc1[Si](C)(C)C.CC(C)c1cc(-c2ccccc2)cc(C(C)C)c1-n1c(-c2[c-]sc3ccc(-n4cccc4)cc23)nc2ccccc21.[Ir]. The molecule has 9 rings (SSSR count). The van der Waals surface area contributed by atoms with E-state index in [0.717, 1.165) is 45.8 Å². The van der Waals surface area contributed by atoms with Gasteiger partial charge in [0, 0.05) is 50.1 Å².